The molecule has 0 rings (SSSR count). The fraction of sp³-hybridized carbons (Fsp3) is 0.857. The third-order valence-electron chi connectivity index (χ3n) is 1.09. The highest BCUT2D eigenvalue weighted by Crippen LogP contribution is 2.04. The molecule has 2 N–H and O–H groups in total. The molecular weight excluding hydrogens is 144 g/mol. The minimum atomic E-state index is -0.260. The largest absolute Gasteiger partial charge is 0.316 e. The second-order valence-electron chi connectivity index (χ2n) is 2.14. The van der Waals surface area contributed by atoms with Crippen LogP contribution in [0.1, 0.15) is 19.8 Å². The number of thioether (sulfide) groups is 1. The van der Waals surface area contributed by atoms with Crippen molar-refractivity contribution in [3.8, 4) is 6.07 Å². The van der Waals surface area contributed by atoms with Crippen LogP contribution in [0.5, 0.6) is 0 Å². The van der Waals surface area contributed by atoms with E-state index in [0.717, 1.165) is 12.2 Å². The molecule has 0 aromatic rings. The molecule has 0 aromatic carbocycles. The van der Waals surface area contributed by atoms with Gasteiger partial charge < -0.3 is 5.73 Å². The fourth-order valence-corrected chi connectivity index (χ4v) is 1.43. The summed E-state index contributed by atoms with van der Waals surface area (Å²) < 4.78 is 0. The first-order valence-corrected chi connectivity index (χ1v) is 4.69. The summed E-state index contributed by atoms with van der Waals surface area (Å²) in [6, 6.07) is 1.75. The Balaban J connectivity index is 2.98. The minimum absolute atomic E-state index is 0.260. The summed E-state index contributed by atoms with van der Waals surface area (Å²) in [5.41, 5.74) is 5.38. The molecule has 2 nitrogen and oxygen atoms in total. The molecule has 0 aliphatic heterocycles. The van der Waals surface area contributed by atoms with Gasteiger partial charge in [0, 0.05) is 0 Å². The van der Waals surface area contributed by atoms with E-state index in [1.54, 1.807) is 0 Å². The van der Waals surface area contributed by atoms with Crippen molar-refractivity contribution in [2.45, 2.75) is 25.8 Å². The summed E-state index contributed by atoms with van der Waals surface area (Å²) >= 11 is 1.87. The van der Waals surface area contributed by atoms with Gasteiger partial charge in [0.1, 0.15) is 0 Å². The normalized spacial score (nSPS) is 12.5. The van der Waals surface area contributed by atoms with Gasteiger partial charge in [-0.05, 0) is 24.3 Å². The Morgan fingerprint density at radius 2 is 2.30 bits per heavy atom. The van der Waals surface area contributed by atoms with Crippen LogP contribution in [0.2, 0.25) is 0 Å². The van der Waals surface area contributed by atoms with Crippen molar-refractivity contribution in [3.63, 3.8) is 0 Å². The number of nitriles is 1. The van der Waals surface area contributed by atoms with Crippen LogP contribution in [0.25, 0.3) is 0 Å². The number of nitrogens with two attached hydrogens (primary N) is 1. The fourth-order valence-electron chi connectivity index (χ4n) is 0.521. The Morgan fingerprint density at radius 3 is 2.80 bits per heavy atom. The van der Waals surface area contributed by atoms with Crippen LogP contribution in [-0.4, -0.2) is 17.5 Å². The summed E-state index contributed by atoms with van der Waals surface area (Å²) in [6.07, 6.45) is 2.02. The van der Waals surface area contributed by atoms with Gasteiger partial charge >= 0.3 is 0 Å². The highest BCUT2D eigenvalue weighted by Gasteiger charge is 1.97. The summed E-state index contributed by atoms with van der Waals surface area (Å²) in [5, 5.41) is 8.31. The first-order valence-electron chi connectivity index (χ1n) is 3.54. The van der Waals surface area contributed by atoms with Crippen molar-refractivity contribution >= 4 is 11.8 Å². The Labute approximate surface area is 66.8 Å². The standard InChI is InChI=1S/C7H14N2S/c1-2-4-10-5-3-7(9)6-8/h7H,2-5,9H2,1H3. The van der Waals surface area contributed by atoms with Gasteiger partial charge in [0.25, 0.3) is 0 Å². The van der Waals surface area contributed by atoms with E-state index in [1.807, 2.05) is 17.8 Å². The predicted octanol–water partition coefficient (Wildman–Crippen LogP) is 1.37. The highest BCUT2D eigenvalue weighted by molar-refractivity contribution is 7.99. The zero-order valence-corrected chi connectivity index (χ0v) is 7.16. The SMILES string of the molecule is CCCSCCC(N)C#N. The first kappa shape index (κ1) is 9.80. The Bertz CT molecular complexity index is 109. The third-order valence-corrected chi connectivity index (χ3v) is 2.31. The monoisotopic (exact) mass is 158 g/mol. The molecule has 0 radical (unpaired) electrons. The molecule has 0 bridgehead atoms. The highest BCUT2D eigenvalue weighted by atomic mass is 32.2. The minimum Gasteiger partial charge on any atom is -0.316 e. The molecule has 0 aromatic heterocycles. The molecule has 1 atom stereocenters. The van der Waals surface area contributed by atoms with E-state index in [1.165, 1.54) is 12.2 Å². The van der Waals surface area contributed by atoms with Crippen LogP contribution < -0.4 is 5.73 Å². The molecule has 0 saturated heterocycles. The van der Waals surface area contributed by atoms with E-state index in [2.05, 4.69) is 6.92 Å². The van der Waals surface area contributed by atoms with Gasteiger partial charge in [0.05, 0.1) is 12.1 Å². The topological polar surface area (TPSA) is 49.8 Å². The summed E-state index contributed by atoms with van der Waals surface area (Å²) in [7, 11) is 0. The second kappa shape index (κ2) is 6.91. The molecule has 58 valence electrons. The van der Waals surface area contributed by atoms with Gasteiger partial charge in [-0.3, -0.25) is 0 Å². The van der Waals surface area contributed by atoms with Gasteiger partial charge in [-0.1, -0.05) is 6.92 Å². The van der Waals surface area contributed by atoms with Crippen molar-refractivity contribution in [2.75, 3.05) is 11.5 Å². The summed E-state index contributed by atoms with van der Waals surface area (Å²) in [6.45, 7) is 2.15. The molecule has 0 spiro atoms. The Kier molecular flexibility index (Phi) is 6.78. The van der Waals surface area contributed by atoms with Crippen molar-refractivity contribution < 1.29 is 0 Å². The molecule has 0 fully saturated rings. The Morgan fingerprint density at radius 1 is 1.60 bits per heavy atom. The van der Waals surface area contributed by atoms with Crippen LogP contribution in [0.4, 0.5) is 0 Å². The van der Waals surface area contributed by atoms with E-state index in [-0.39, 0.29) is 6.04 Å². The van der Waals surface area contributed by atoms with Crippen molar-refractivity contribution in [1.29, 1.82) is 5.26 Å². The van der Waals surface area contributed by atoms with E-state index >= 15 is 0 Å². The second-order valence-corrected chi connectivity index (χ2v) is 3.36. The number of rotatable bonds is 5. The lowest BCUT2D eigenvalue weighted by Gasteiger charge is -2.00. The van der Waals surface area contributed by atoms with Gasteiger partial charge in [-0.2, -0.15) is 17.0 Å². The maximum Gasteiger partial charge on any atom is 0.0935 e. The van der Waals surface area contributed by atoms with E-state index in [4.69, 9.17) is 11.0 Å². The van der Waals surface area contributed by atoms with E-state index in [9.17, 15) is 0 Å². The van der Waals surface area contributed by atoms with Crippen LogP contribution in [0, 0.1) is 11.3 Å². The maximum absolute atomic E-state index is 8.31. The van der Waals surface area contributed by atoms with Crippen LogP contribution >= 0.6 is 11.8 Å². The molecule has 10 heavy (non-hydrogen) atoms. The van der Waals surface area contributed by atoms with Crippen molar-refractivity contribution in [3.05, 3.63) is 0 Å². The summed E-state index contributed by atoms with van der Waals surface area (Å²) in [4.78, 5) is 0. The van der Waals surface area contributed by atoms with E-state index < -0.39 is 0 Å². The van der Waals surface area contributed by atoms with Crippen LogP contribution in [0.3, 0.4) is 0 Å². The predicted molar refractivity (Wildman–Crippen MR) is 45.8 cm³/mol. The van der Waals surface area contributed by atoms with Gasteiger partial charge in [0.15, 0.2) is 0 Å². The van der Waals surface area contributed by atoms with Gasteiger partial charge in [-0.15, -0.1) is 0 Å². The molecule has 0 aliphatic carbocycles. The lowest BCUT2D eigenvalue weighted by molar-refractivity contribution is 0.803. The average Bonchev–Trinajstić information content (AvgIpc) is 1.98. The maximum atomic E-state index is 8.31. The molecule has 0 amide bonds. The zero-order chi connectivity index (χ0) is 7.82. The molecule has 0 saturated carbocycles. The molecule has 0 aliphatic rings. The lowest BCUT2D eigenvalue weighted by atomic mass is 10.3. The Hall–Kier alpha value is -0.200. The molecule has 0 heterocycles. The molecular formula is C7H14N2S. The quantitative estimate of drug-likeness (QED) is 0.615. The first-order chi connectivity index (χ1) is 4.81. The lowest BCUT2D eigenvalue weighted by Crippen LogP contribution is -2.17. The zero-order valence-electron chi connectivity index (χ0n) is 6.34. The van der Waals surface area contributed by atoms with Gasteiger partial charge in [-0.25, -0.2) is 0 Å². The smallest absolute Gasteiger partial charge is 0.0935 e. The van der Waals surface area contributed by atoms with Crippen LogP contribution in [-0.2, 0) is 0 Å². The molecule has 3 heteroatoms. The van der Waals surface area contributed by atoms with Crippen molar-refractivity contribution in [2.24, 2.45) is 5.73 Å². The average molecular weight is 158 g/mol. The van der Waals surface area contributed by atoms with E-state index in [0.29, 0.717) is 0 Å². The third kappa shape index (κ3) is 5.93. The van der Waals surface area contributed by atoms with Gasteiger partial charge in [0.2, 0.25) is 0 Å². The number of hydrogen-bond acceptors (Lipinski definition) is 3. The van der Waals surface area contributed by atoms with Crippen molar-refractivity contribution in [1.82, 2.24) is 0 Å². The number of nitrogens with zero attached hydrogens (tertiary/aromatic N) is 1. The number of hydrogen-bond donors (Lipinski definition) is 1. The molecule has 1 unspecified atom stereocenters. The summed E-state index contributed by atoms with van der Waals surface area (Å²) in [5.74, 6) is 2.20. The van der Waals surface area contributed by atoms with Crippen LogP contribution in [0.15, 0.2) is 0 Å².